The normalized spacial score (nSPS) is 13.1. The standard InChI is InChI=1S/C10H12FNO5S/c1-6(10(13)14)12-18(15,16)7-3-4-8(11)9(5-7)17-2/h3-6,12H,1-2H3,(H,13,14)/t6-/m1/s1. The first-order chi connectivity index (χ1) is 8.27. The van der Waals surface area contributed by atoms with E-state index >= 15 is 0 Å². The molecule has 2 N–H and O–H groups in total. The second kappa shape index (κ2) is 5.32. The lowest BCUT2D eigenvalue weighted by atomic mass is 10.3. The van der Waals surface area contributed by atoms with E-state index in [9.17, 15) is 17.6 Å². The number of nitrogens with one attached hydrogen (secondary N) is 1. The van der Waals surface area contributed by atoms with Crippen molar-refractivity contribution in [3.63, 3.8) is 0 Å². The second-order valence-electron chi connectivity index (χ2n) is 3.48. The first-order valence-electron chi connectivity index (χ1n) is 4.86. The molecule has 0 aliphatic rings. The van der Waals surface area contributed by atoms with Crippen LogP contribution >= 0.6 is 0 Å². The molecule has 0 fully saturated rings. The van der Waals surface area contributed by atoms with Gasteiger partial charge in [-0.3, -0.25) is 4.79 Å². The number of benzene rings is 1. The summed E-state index contributed by atoms with van der Waals surface area (Å²) in [6, 6.07) is 1.64. The molecule has 100 valence electrons. The fraction of sp³-hybridized carbons (Fsp3) is 0.300. The van der Waals surface area contributed by atoms with E-state index in [1.807, 2.05) is 4.72 Å². The van der Waals surface area contributed by atoms with E-state index in [1.165, 1.54) is 14.0 Å². The molecule has 1 aromatic rings. The Morgan fingerprint density at radius 3 is 2.61 bits per heavy atom. The number of hydrogen-bond donors (Lipinski definition) is 2. The summed E-state index contributed by atoms with van der Waals surface area (Å²) in [5, 5.41) is 8.63. The smallest absolute Gasteiger partial charge is 0.321 e. The summed E-state index contributed by atoms with van der Waals surface area (Å²) >= 11 is 0. The fourth-order valence-electron chi connectivity index (χ4n) is 1.16. The minimum absolute atomic E-state index is 0.235. The third-order valence-electron chi connectivity index (χ3n) is 2.14. The summed E-state index contributed by atoms with van der Waals surface area (Å²) in [6.45, 7) is 1.18. The Hall–Kier alpha value is -1.67. The lowest BCUT2D eigenvalue weighted by molar-refractivity contribution is -0.138. The van der Waals surface area contributed by atoms with Crippen LogP contribution in [0.1, 0.15) is 6.92 Å². The van der Waals surface area contributed by atoms with Gasteiger partial charge in [0.05, 0.1) is 12.0 Å². The number of carboxylic acid groups (broad SMARTS) is 1. The number of aliphatic carboxylic acids is 1. The number of halogens is 1. The molecule has 0 amide bonds. The van der Waals surface area contributed by atoms with Crippen molar-refractivity contribution in [1.82, 2.24) is 4.72 Å². The van der Waals surface area contributed by atoms with Gasteiger partial charge in [0, 0.05) is 6.07 Å². The highest BCUT2D eigenvalue weighted by atomic mass is 32.2. The highest BCUT2D eigenvalue weighted by Crippen LogP contribution is 2.21. The van der Waals surface area contributed by atoms with Gasteiger partial charge in [-0.2, -0.15) is 4.72 Å². The molecular weight excluding hydrogens is 265 g/mol. The average Bonchev–Trinajstić information content (AvgIpc) is 2.28. The Balaban J connectivity index is 3.09. The van der Waals surface area contributed by atoms with Crippen LogP contribution in [0, 0.1) is 5.82 Å². The van der Waals surface area contributed by atoms with Crippen molar-refractivity contribution in [3.05, 3.63) is 24.0 Å². The zero-order chi connectivity index (χ0) is 13.9. The number of methoxy groups -OCH3 is 1. The first-order valence-corrected chi connectivity index (χ1v) is 6.35. The molecule has 1 aromatic carbocycles. The van der Waals surface area contributed by atoms with Gasteiger partial charge < -0.3 is 9.84 Å². The number of hydrogen-bond acceptors (Lipinski definition) is 4. The molecule has 18 heavy (non-hydrogen) atoms. The van der Waals surface area contributed by atoms with Crippen molar-refractivity contribution in [3.8, 4) is 5.75 Å². The van der Waals surface area contributed by atoms with E-state index in [-0.39, 0.29) is 10.6 Å². The van der Waals surface area contributed by atoms with Crippen LogP contribution in [-0.2, 0) is 14.8 Å². The lowest BCUT2D eigenvalue weighted by Crippen LogP contribution is -2.38. The zero-order valence-corrected chi connectivity index (χ0v) is 10.5. The van der Waals surface area contributed by atoms with Crippen molar-refractivity contribution >= 4 is 16.0 Å². The largest absolute Gasteiger partial charge is 0.494 e. The van der Waals surface area contributed by atoms with Crippen LogP contribution in [0.15, 0.2) is 23.1 Å². The SMILES string of the molecule is COc1cc(S(=O)(=O)N[C@H](C)C(=O)O)ccc1F. The summed E-state index contributed by atoms with van der Waals surface area (Å²) in [5.74, 6) is -2.25. The third-order valence-corrected chi connectivity index (χ3v) is 3.67. The van der Waals surface area contributed by atoms with Gasteiger partial charge >= 0.3 is 5.97 Å². The molecule has 1 atom stereocenters. The van der Waals surface area contributed by atoms with Gasteiger partial charge in [-0.25, -0.2) is 12.8 Å². The maximum atomic E-state index is 13.1. The maximum Gasteiger partial charge on any atom is 0.321 e. The molecule has 0 saturated heterocycles. The molecule has 8 heteroatoms. The molecule has 0 bridgehead atoms. The second-order valence-corrected chi connectivity index (χ2v) is 5.19. The molecule has 0 unspecified atom stereocenters. The molecule has 0 spiro atoms. The summed E-state index contributed by atoms with van der Waals surface area (Å²) in [7, 11) is -2.83. The minimum Gasteiger partial charge on any atom is -0.494 e. The van der Waals surface area contributed by atoms with Gasteiger partial charge in [0.25, 0.3) is 0 Å². The highest BCUT2D eigenvalue weighted by molar-refractivity contribution is 7.89. The number of ether oxygens (including phenoxy) is 1. The Morgan fingerprint density at radius 1 is 1.50 bits per heavy atom. The van der Waals surface area contributed by atoms with E-state index < -0.39 is 27.9 Å². The molecule has 0 radical (unpaired) electrons. The van der Waals surface area contributed by atoms with E-state index in [0.717, 1.165) is 18.2 Å². The summed E-state index contributed by atoms with van der Waals surface area (Å²) in [6.07, 6.45) is 0. The topological polar surface area (TPSA) is 92.7 Å². The van der Waals surface area contributed by atoms with Gasteiger partial charge in [-0.15, -0.1) is 0 Å². The van der Waals surface area contributed by atoms with E-state index in [0.29, 0.717) is 0 Å². The van der Waals surface area contributed by atoms with E-state index in [1.54, 1.807) is 0 Å². The van der Waals surface area contributed by atoms with Gasteiger partial charge in [0.1, 0.15) is 6.04 Å². The van der Waals surface area contributed by atoms with Crippen molar-refractivity contribution in [1.29, 1.82) is 0 Å². The Bertz CT molecular complexity index is 557. The fourth-order valence-corrected chi connectivity index (χ4v) is 2.37. The summed E-state index contributed by atoms with van der Waals surface area (Å²) < 4.78 is 43.2. The number of carbonyl (C=O) groups is 1. The monoisotopic (exact) mass is 277 g/mol. The van der Waals surface area contributed by atoms with Gasteiger partial charge in [0.2, 0.25) is 10.0 Å². The molecule has 0 heterocycles. The lowest BCUT2D eigenvalue weighted by Gasteiger charge is -2.11. The molecule has 0 aromatic heterocycles. The number of sulfonamides is 1. The van der Waals surface area contributed by atoms with Gasteiger partial charge in [0.15, 0.2) is 11.6 Å². The summed E-state index contributed by atoms with van der Waals surface area (Å²) in [5.41, 5.74) is 0. The van der Waals surface area contributed by atoms with Crippen molar-refractivity contribution < 1.29 is 27.4 Å². The van der Waals surface area contributed by atoms with Crippen molar-refractivity contribution in [2.45, 2.75) is 17.9 Å². The average molecular weight is 277 g/mol. The predicted molar refractivity (Wildman–Crippen MR) is 60.4 cm³/mol. The maximum absolute atomic E-state index is 13.1. The van der Waals surface area contributed by atoms with Crippen molar-refractivity contribution in [2.24, 2.45) is 0 Å². The molecule has 0 saturated carbocycles. The van der Waals surface area contributed by atoms with E-state index in [2.05, 4.69) is 4.74 Å². The van der Waals surface area contributed by atoms with Crippen LogP contribution in [0.5, 0.6) is 5.75 Å². The Morgan fingerprint density at radius 2 is 2.11 bits per heavy atom. The van der Waals surface area contributed by atoms with Crippen LogP contribution < -0.4 is 9.46 Å². The molecule has 6 nitrogen and oxygen atoms in total. The van der Waals surface area contributed by atoms with Crippen LogP contribution in [-0.4, -0.2) is 32.6 Å². The number of carboxylic acids is 1. The Kier molecular flexibility index (Phi) is 4.25. The van der Waals surface area contributed by atoms with Crippen LogP contribution in [0.4, 0.5) is 4.39 Å². The summed E-state index contributed by atoms with van der Waals surface area (Å²) in [4.78, 5) is 10.3. The third kappa shape index (κ3) is 3.17. The molecule has 0 aliphatic carbocycles. The molecule has 0 aliphatic heterocycles. The first kappa shape index (κ1) is 14.4. The van der Waals surface area contributed by atoms with Crippen LogP contribution in [0.2, 0.25) is 0 Å². The zero-order valence-electron chi connectivity index (χ0n) is 9.68. The predicted octanol–water partition coefficient (Wildman–Crippen LogP) is 0.586. The molecular formula is C10H12FNO5S. The quantitative estimate of drug-likeness (QED) is 0.821. The number of rotatable bonds is 5. The van der Waals surface area contributed by atoms with Crippen LogP contribution in [0.25, 0.3) is 0 Å². The van der Waals surface area contributed by atoms with Gasteiger partial charge in [-0.1, -0.05) is 0 Å². The molecule has 1 rings (SSSR count). The van der Waals surface area contributed by atoms with Gasteiger partial charge in [-0.05, 0) is 19.1 Å². The Labute approximate surface area is 103 Å². The van der Waals surface area contributed by atoms with E-state index in [4.69, 9.17) is 5.11 Å². The highest BCUT2D eigenvalue weighted by Gasteiger charge is 2.22. The van der Waals surface area contributed by atoms with Crippen molar-refractivity contribution in [2.75, 3.05) is 7.11 Å². The minimum atomic E-state index is -4.03. The van der Waals surface area contributed by atoms with Crippen LogP contribution in [0.3, 0.4) is 0 Å².